The van der Waals surface area contributed by atoms with Crippen LogP contribution in [0.15, 0.2) is 97.1 Å². The molecule has 7 heteroatoms. The van der Waals surface area contributed by atoms with Gasteiger partial charge in [-0.1, -0.05) is 12.1 Å². The Hall–Kier alpha value is -4.65. The zero-order valence-corrected chi connectivity index (χ0v) is 18.2. The normalized spacial score (nSPS) is 10.3. The minimum atomic E-state index is -0.343. The number of amides is 2. The number of hydrogen-bond acceptors (Lipinski definition) is 4. The molecule has 2 N–H and O–H groups in total. The highest BCUT2D eigenvalue weighted by molar-refractivity contribution is 6.06. The van der Waals surface area contributed by atoms with Crippen molar-refractivity contribution in [3.8, 4) is 17.2 Å². The SMILES string of the molecule is COc1ccccc1NC(=O)c1ccc(NC(=O)c2ccc(Oc3ccc(F)cc3)cc2)cc1. The Balaban J connectivity index is 1.36. The maximum absolute atomic E-state index is 13.0. The Bertz CT molecular complexity index is 1290. The molecule has 4 aromatic carbocycles. The van der Waals surface area contributed by atoms with E-state index in [-0.39, 0.29) is 17.6 Å². The summed E-state index contributed by atoms with van der Waals surface area (Å²) in [4.78, 5) is 25.1. The molecule has 0 radical (unpaired) electrons. The number of benzene rings is 4. The van der Waals surface area contributed by atoms with Gasteiger partial charge in [0.15, 0.2) is 0 Å². The number of halogens is 1. The first-order chi connectivity index (χ1) is 16.5. The van der Waals surface area contributed by atoms with E-state index in [0.717, 1.165) is 0 Å². The van der Waals surface area contributed by atoms with Crippen LogP contribution in [0.5, 0.6) is 17.2 Å². The summed E-state index contributed by atoms with van der Waals surface area (Å²) < 4.78 is 23.9. The van der Waals surface area contributed by atoms with Crippen molar-refractivity contribution in [3.63, 3.8) is 0 Å². The Labute approximate surface area is 196 Å². The third kappa shape index (κ3) is 5.58. The van der Waals surface area contributed by atoms with Crippen molar-refractivity contribution in [3.05, 3.63) is 114 Å². The number of carbonyl (C=O) groups is 2. The predicted molar refractivity (Wildman–Crippen MR) is 128 cm³/mol. The number of nitrogens with one attached hydrogen (secondary N) is 2. The summed E-state index contributed by atoms with van der Waals surface area (Å²) in [5, 5.41) is 5.60. The average molecular weight is 456 g/mol. The first-order valence-corrected chi connectivity index (χ1v) is 10.4. The molecule has 0 fully saturated rings. The number of para-hydroxylation sites is 2. The van der Waals surface area contributed by atoms with E-state index in [1.807, 2.05) is 6.07 Å². The summed E-state index contributed by atoms with van der Waals surface area (Å²) in [5.74, 6) is 0.638. The third-order valence-corrected chi connectivity index (χ3v) is 4.93. The fourth-order valence-corrected chi connectivity index (χ4v) is 3.16. The lowest BCUT2D eigenvalue weighted by atomic mass is 10.1. The number of methoxy groups -OCH3 is 1. The van der Waals surface area contributed by atoms with Gasteiger partial charge in [-0.15, -0.1) is 0 Å². The average Bonchev–Trinajstić information content (AvgIpc) is 2.86. The highest BCUT2D eigenvalue weighted by atomic mass is 19.1. The van der Waals surface area contributed by atoms with Gasteiger partial charge < -0.3 is 20.1 Å². The zero-order chi connectivity index (χ0) is 23.9. The molecule has 0 bridgehead atoms. The molecule has 0 aliphatic heterocycles. The van der Waals surface area contributed by atoms with Gasteiger partial charge in [0.25, 0.3) is 11.8 Å². The molecule has 0 aliphatic rings. The molecule has 34 heavy (non-hydrogen) atoms. The third-order valence-electron chi connectivity index (χ3n) is 4.93. The van der Waals surface area contributed by atoms with Crippen molar-refractivity contribution in [2.75, 3.05) is 17.7 Å². The van der Waals surface area contributed by atoms with Crippen LogP contribution >= 0.6 is 0 Å². The highest BCUT2D eigenvalue weighted by Gasteiger charge is 2.11. The van der Waals surface area contributed by atoms with Crippen molar-refractivity contribution in [2.24, 2.45) is 0 Å². The van der Waals surface area contributed by atoms with Crippen LogP contribution in [0.25, 0.3) is 0 Å². The number of carbonyl (C=O) groups excluding carboxylic acids is 2. The lowest BCUT2D eigenvalue weighted by Crippen LogP contribution is -2.14. The monoisotopic (exact) mass is 456 g/mol. The maximum Gasteiger partial charge on any atom is 0.255 e. The minimum Gasteiger partial charge on any atom is -0.495 e. The van der Waals surface area contributed by atoms with Crippen LogP contribution in [0, 0.1) is 5.82 Å². The molecular formula is C27H21FN2O4. The van der Waals surface area contributed by atoms with Crippen LogP contribution in [0.3, 0.4) is 0 Å². The molecule has 4 aromatic rings. The summed E-state index contributed by atoms with van der Waals surface area (Å²) >= 11 is 0. The number of anilines is 2. The fraction of sp³-hybridized carbons (Fsp3) is 0.0370. The molecule has 4 rings (SSSR count). The number of ether oxygens (including phenoxy) is 2. The van der Waals surface area contributed by atoms with E-state index in [4.69, 9.17) is 9.47 Å². The van der Waals surface area contributed by atoms with Gasteiger partial charge in [-0.3, -0.25) is 9.59 Å². The van der Waals surface area contributed by atoms with Gasteiger partial charge in [0.05, 0.1) is 12.8 Å². The van der Waals surface area contributed by atoms with E-state index in [0.29, 0.717) is 39.8 Å². The van der Waals surface area contributed by atoms with E-state index < -0.39 is 0 Å². The second-order valence-electron chi connectivity index (χ2n) is 7.27. The second-order valence-corrected chi connectivity index (χ2v) is 7.27. The van der Waals surface area contributed by atoms with E-state index >= 15 is 0 Å². The van der Waals surface area contributed by atoms with E-state index in [1.165, 1.54) is 31.4 Å². The summed E-state index contributed by atoms with van der Waals surface area (Å²) in [6.07, 6.45) is 0. The van der Waals surface area contributed by atoms with Gasteiger partial charge >= 0.3 is 0 Å². The Kier molecular flexibility index (Phi) is 6.84. The molecule has 2 amide bonds. The van der Waals surface area contributed by atoms with Crippen LogP contribution in [-0.4, -0.2) is 18.9 Å². The smallest absolute Gasteiger partial charge is 0.255 e. The van der Waals surface area contributed by atoms with Crippen molar-refractivity contribution < 1.29 is 23.5 Å². The van der Waals surface area contributed by atoms with Gasteiger partial charge in [0.2, 0.25) is 0 Å². The van der Waals surface area contributed by atoms with Crippen molar-refractivity contribution in [1.29, 1.82) is 0 Å². The van der Waals surface area contributed by atoms with Gasteiger partial charge in [0, 0.05) is 16.8 Å². The standard InChI is InChI=1S/C27H21FN2O4/c1-33-25-5-3-2-4-24(25)30-27(32)18-6-12-21(13-7-18)29-26(31)19-8-14-22(15-9-19)34-23-16-10-20(28)11-17-23/h2-17H,1H3,(H,29,31)(H,30,32). The quantitative estimate of drug-likeness (QED) is 0.351. The molecule has 170 valence electrons. The van der Waals surface area contributed by atoms with Crippen LogP contribution in [0.4, 0.5) is 15.8 Å². The molecule has 0 atom stereocenters. The van der Waals surface area contributed by atoms with Crippen molar-refractivity contribution in [2.45, 2.75) is 0 Å². The molecular weight excluding hydrogens is 435 g/mol. The maximum atomic E-state index is 13.0. The topological polar surface area (TPSA) is 76.7 Å². The van der Waals surface area contributed by atoms with E-state index in [2.05, 4.69) is 10.6 Å². The Morgan fingerprint density at radius 2 is 1.21 bits per heavy atom. The van der Waals surface area contributed by atoms with Gasteiger partial charge in [-0.05, 0) is 84.9 Å². The first kappa shape index (κ1) is 22.5. The molecule has 0 aromatic heterocycles. The van der Waals surface area contributed by atoms with Crippen LogP contribution in [-0.2, 0) is 0 Å². The predicted octanol–water partition coefficient (Wildman–Crippen LogP) is 6.13. The van der Waals surface area contributed by atoms with E-state index in [9.17, 15) is 14.0 Å². The van der Waals surface area contributed by atoms with Crippen LogP contribution in [0.2, 0.25) is 0 Å². The summed E-state index contributed by atoms with van der Waals surface area (Å²) in [6.45, 7) is 0. The molecule has 0 saturated carbocycles. The summed E-state index contributed by atoms with van der Waals surface area (Å²) in [6, 6.07) is 25.9. The lowest BCUT2D eigenvalue weighted by molar-refractivity contribution is 0.101. The van der Waals surface area contributed by atoms with Crippen molar-refractivity contribution in [1.82, 2.24) is 0 Å². The zero-order valence-electron chi connectivity index (χ0n) is 18.2. The lowest BCUT2D eigenvalue weighted by Gasteiger charge is -2.10. The minimum absolute atomic E-state index is 0.292. The van der Waals surface area contributed by atoms with Crippen LogP contribution < -0.4 is 20.1 Å². The van der Waals surface area contributed by atoms with Crippen LogP contribution in [0.1, 0.15) is 20.7 Å². The largest absolute Gasteiger partial charge is 0.495 e. The molecule has 0 aliphatic carbocycles. The molecule has 0 spiro atoms. The number of rotatable bonds is 7. The summed E-state index contributed by atoms with van der Waals surface area (Å²) in [7, 11) is 1.54. The van der Waals surface area contributed by atoms with Crippen molar-refractivity contribution >= 4 is 23.2 Å². The van der Waals surface area contributed by atoms with Gasteiger partial charge in [-0.25, -0.2) is 4.39 Å². The van der Waals surface area contributed by atoms with E-state index in [1.54, 1.807) is 66.7 Å². The Morgan fingerprint density at radius 1 is 0.676 bits per heavy atom. The van der Waals surface area contributed by atoms with Gasteiger partial charge in [-0.2, -0.15) is 0 Å². The number of hydrogen-bond donors (Lipinski definition) is 2. The summed E-state index contributed by atoms with van der Waals surface area (Å²) in [5.41, 5.74) is 1.99. The molecule has 0 unspecified atom stereocenters. The second kappa shape index (κ2) is 10.3. The molecule has 0 heterocycles. The first-order valence-electron chi connectivity index (χ1n) is 10.4. The molecule has 0 saturated heterocycles. The highest BCUT2D eigenvalue weighted by Crippen LogP contribution is 2.24. The fourth-order valence-electron chi connectivity index (χ4n) is 3.16. The van der Waals surface area contributed by atoms with Gasteiger partial charge in [0.1, 0.15) is 23.1 Å². The molecule has 6 nitrogen and oxygen atoms in total. The Morgan fingerprint density at radius 3 is 1.82 bits per heavy atom.